The van der Waals surface area contributed by atoms with Gasteiger partial charge in [-0.3, -0.25) is 9.89 Å². The number of fused-ring (bicyclic) bond motifs is 1. The van der Waals surface area contributed by atoms with Crippen LogP contribution < -0.4 is 5.56 Å². The summed E-state index contributed by atoms with van der Waals surface area (Å²) in [6, 6.07) is 21.2. The minimum absolute atomic E-state index is 0.0366. The van der Waals surface area contributed by atoms with Gasteiger partial charge in [0.2, 0.25) is 0 Å². The number of rotatable bonds is 6. The van der Waals surface area contributed by atoms with Gasteiger partial charge in [0, 0.05) is 11.6 Å². The molecule has 0 spiro atoms. The molecule has 0 saturated heterocycles. The average molecular weight is 360 g/mol. The summed E-state index contributed by atoms with van der Waals surface area (Å²) in [6.07, 6.45) is 0.803. The van der Waals surface area contributed by atoms with E-state index in [1.807, 2.05) is 60.7 Å². The van der Waals surface area contributed by atoms with Crippen LogP contribution in [0.1, 0.15) is 30.7 Å². The third-order valence-corrected chi connectivity index (χ3v) is 4.41. The van der Waals surface area contributed by atoms with Crippen LogP contribution in [-0.2, 0) is 11.3 Å². The molecule has 0 fully saturated rings. The lowest BCUT2D eigenvalue weighted by Gasteiger charge is -2.16. The third kappa shape index (κ3) is 3.66. The summed E-state index contributed by atoms with van der Waals surface area (Å²) < 4.78 is 7.36. The van der Waals surface area contributed by atoms with Crippen LogP contribution in [0.25, 0.3) is 17.2 Å². The molecule has 6 nitrogen and oxygen atoms in total. The molecule has 0 aliphatic rings. The fourth-order valence-electron chi connectivity index (χ4n) is 3.03. The second-order valence-corrected chi connectivity index (χ2v) is 6.28. The Balaban J connectivity index is 1.59. The van der Waals surface area contributed by atoms with Crippen molar-refractivity contribution in [2.45, 2.75) is 26.1 Å². The molecule has 136 valence electrons. The topological polar surface area (TPSA) is 72.3 Å². The van der Waals surface area contributed by atoms with Crippen molar-refractivity contribution in [2.75, 3.05) is 0 Å². The Hall–Kier alpha value is -3.25. The number of aromatic nitrogens is 4. The van der Waals surface area contributed by atoms with Crippen molar-refractivity contribution in [3.8, 4) is 11.4 Å². The van der Waals surface area contributed by atoms with Crippen molar-refractivity contribution in [1.29, 1.82) is 0 Å². The van der Waals surface area contributed by atoms with Crippen molar-refractivity contribution in [3.05, 3.63) is 88.3 Å². The predicted octanol–water partition coefficient (Wildman–Crippen LogP) is 3.75. The Bertz CT molecular complexity index is 1090. The van der Waals surface area contributed by atoms with Crippen LogP contribution in [-0.4, -0.2) is 19.6 Å². The van der Waals surface area contributed by atoms with Crippen molar-refractivity contribution in [2.24, 2.45) is 0 Å². The first-order valence-electron chi connectivity index (χ1n) is 8.95. The summed E-state index contributed by atoms with van der Waals surface area (Å²) in [6.45, 7) is 2.33. The number of nitrogens with one attached hydrogen (secondary N) is 1. The Labute approximate surface area is 156 Å². The number of hydrogen-bond donors (Lipinski definition) is 1. The molecule has 1 atom stereocenters. The highest BCUT2D eigenvalue weighted by molar-refractivity contribution is 5.56. The predicted molar refractivity (Wildman–Crippen MR) is 103 cm³/mol. The molecule has 2 aromatic carbocycles. The van der Waals surface area contributed by atoms with Gasteiger partial charge in [-0.1, -0.05) is 67.6 Å². The van der Waals surface area contributed by atoms with E-state index in [4.69, 9.17) is 4.74 Å². The SMILES string of the molecule is CCC(OCc1cc(=O)n2[nH]c(-c3ccccc3)nc2n1)c1ccccc1. The smallest absolute Gasteiger partial charge is 0.274 e. The van der Waals surface area contributed by atoms with Crippen molar-refractivity contribution >= 4 is 5.78 Å². The molecule has 0 bridgehead atoms. The maximum atomic E-state index is 12.4. The lowest BCUT2D eigenvalue weighted by molar-refractivity contribution is 0.0353. The lowest BCUT2D eigenvalue weighted by Crippen LogP contribution is -2.16. The zero-order valence-corrected chi connectivity index (χ0v) is 15.0. The van der Waals surface area contributed by atoms with Gasteiger partial charge < -0.3 is 4.74 Å². The van der Waals surface area contributed by atoms with Gasteiger partial charge in [0.1, 0.15) is 0 Å². The number of nitrogens with zero attached hydrogens (tertiary/aromatic N) is 3. The van der Waals surface area contributed by atoms with E-state index < -0.39 is 0 Å². The van der Waals surface area contributed by atoms with Gasteiger partial charge in [-0.15, -0.1) is 0 Å². The van der Waals surface area contributed by atoms with Crippen LogP contribution in [0, 0.1) is 0 Å². The quantitative estimate of drug-likeness (QED) is 0.568. The highest BCUT2D eigenvalue weighted by Crippen LogP contribution is 2.22. The van der Waals surface area contributed by atoms with E-state index in [-0.39, 0.29) is 18.3 Å². The molecular weight excluding hydrogens is 340 g/mol. The van der Waals surface area contributed by atoms with E-state index in [1.54, 1.807) is 0 Å². The molecule has 4 rings (SSSR count). The minimum Gasteiger partial charge on any atom is -0.367 e. The lowest BCUT2D eigenvalue weighted by atomic mass is 10.1. The van der Waals surface area contributed by atoms with Gasteiger partial charge in [0.05, 0.1) is 18.4 Å². The number of aromatic amines is 1. The van der Waals surface area contributed by atoms with Gasteiger partial charge in [-0.05, 0) is 12.0 Å². The first kappa shape index (κ1) is 17.2. The van der Waals surface area contributed by atoms with Crippen LogP contribution in [0.3, 0.4) is 0 Å². The molecule has 2 heterocycles. The highest BCUT2D eigenvalue weighted by atomic mass is 16.5. The number of ether oxygens (including phenoxy) is 1. The zero-order valence-electron chi connectivity index (χ0n) is 15.0. The maximum absolute atomic E-state index is 12.4. The van der Waals surface area contributed by atoms with Crippen molar-refractivity contribution < 1.29 is 4.74 Å². The molecule has 6 heteroatoms. The second-order valence-electron chi connectivity index (χ2n) is 6.28. The molecule has 0 saturated carbocycles. The molecular formula is C21H20N4O2. The van der Waals surface area contributed by atoms with Crippen LogP contribution in [0.2, 0.25) is 0 Å². The van der Waals surface area contributed by atoms with Crippen molar-refractivity contribution in [3.63, 3.8) is 0 Å². The van der Waals surface area contributed by atoms with Gasteiger partial charge >= 0.3 is 0 Å². The Kier molecular flexibility index (Phi) is 4.80. The molecule has 2 aromatic heterocycles. The van der Waals surface area contributed by atoms with E-state index in [9.17, 15) is 4.79 Å². The Morgan fingerprint density at radius 2 is 1.74 bits per heavy atom. The summed E-state index contributed by atoms with van der Waals surface area (Å²) in [5.74, 6) is 0.946. The summed E-state index contributed by atoms with van der Waals surface area (Å²) in [5.41, 5.74) is 2.38. The zero-order chi connectivity index (χ0) is 18.6. The van der Waals surface area contributed by atoms with E-state index >= 15 is 0 Å². The Morgan fingerprint density at radius 1 is 1.04 bits per heavy atom. The second kappa shape index (κ2) is 7.55. The number of H-pyrrole nitrogens is 1. The van der Waals surface area contributed by atoms with E-state index in [0.29, 0.717) is 17.3 Å². The first-order valence-corrected chi connectivity index (χ1v) is 8.95. The molecule has 0 amide bonds. The van der Waals surface area contributed by atoms with Gasteiger partial charge in [0.25, 0.3) is 11.3 Å². The molecule has 0 aliphatic heterocycles. The van der Waals surface area contributed by atoms with E-state index in [1.165, 1.54) is 10.6 Å². The van der Waals surface area contributed by atoms with E-state index in [2.05, 4.69) is 22.0 Å². The summed E-state index contributed by atoms with van der Waals surface area (Å²) in [4.78, 5) is 21.4. The summed E-state index contributed by atoms with van der Waals surface area (Å²) in [5, 5.41) is 3.00. The number of hydrogen-bond acceptors (Lipinski definition) is 4. The van der Waals surface area contributed by atoms with Crippen LogP contribution in [0.15, 0.2) is 71.5 Å². The first-order chi connectivity index (χ1) is 13.2. The molecule has 0 radical (unpaired) electrons. The molecule has 27 heavy (non-hydrogen) atoms. The molecule has 1 unspecified atom stereocenters. The normalized spacial score (nSPS) is 12.3. The standard InChI is InChI=1S/C21H20N4O2/c1-2-18(15-9-5-3-6-10-15)27-14-17-13-19(26)25-21(22-17)23-20(24-25)16-11-7-4-8-12-16/h3-13,18H,2,14H2,1H3,(H,22,23,24). The maximum Gasteiger partial charge on any atom is 0.274 e. The van der Waals surface area contributed by atoms with E-state index in [0.717, 1.165) is 17.5 Å². The fraction of sp³-hybridized carbons (Fsp3) is 0.190. The molecule has 1 N–H and O–H groups in total. The van der Waals surface area contributed by atoms with Gasteiger partial charge in [-0.2, -0.15) is 9.50 Å². The largest absolute Gasteiger partial charge is 0.367 e. The third-order valence-electron chi connectivity index (χ3n) is 4.41. The van der Waals surface area contributed by atoms with Gasteiger partial charge in [-0.25, -0.2) is 4.98 Å². The van der Waals surface area contributed by atoms with Crippen molar-refractivity contribution in [1.82, 2.24) is 19.6 Å². The fourth-order valence-corrected chi connectivity index (χ4v) is 3.03. The number of benzene rings is 2. The average Bonchev–Trinajstić information content (AvgIpc) is 3.15. The van der Waals surface area contributed by atoms with Crippen LogP contribution in [0.4, 0.5) is 0 Å². The van der Waals surface area contributed by atoms with Gasteiger partial charge in [0.15, 0.2) is 5.82 Å². The van der Waals surface area contributed by atoms with Crippen LogP contribution >= 0.6 is 0 Å². The minimum atomic E-state index is -0.207. The monoisotopic (exact) mass is 360 g/mol. The Morgan fingerprint density at radius 3 is 2.44 bits per heavy atom. The van der Waals surface area contributed by atoms with Crippen LogP contribution in [0.5, 0.6) is 0 Å². The molecule has 0 aliphatic carbocycles. The highest BCUT2D eigenvalue weighted by Gasteiger charge is 2.13. The summed E-state index contributed by atoms with van der Waals surface area (Å²) >= 11 is 0. The summed E-state index contributed by atoms with van der Waals surface area (Å²) in [7, 11) is 0. The molecule has 4 aromatic rings.